The number of rotatable bonds is 2. The highest BCUT2D eigenvalue weighted by Crippen LogP contribution is 2.18. The maximum atomic E-state index is 11.1. The summed E-state index contributed by atoms with van der Waals surface area (Å²) in [7, 11) is -1.07. The van der Waals surface area contributed by atoms with Gasteiger partial charge in [0.25, 0.3) is 0 Å². The molecular weight excluding hydrogens is 204 g/mol. The van der Waals surface area contributed by atoms with Crippen LogP contribution in [0.2, 0.25) is 0 Å². The first kappa shape index (κ1) is 9.51. The molecule has 78 valence electrons. The number of sulfone groups is 1. The van der Waals surface area contributed by atoms with Gasteiger partial charge in [-0.05, 0) is 6.42 Å². The molecule has 0 bridgehead atoms. The monoisotopic (exact) mass is 216 g/mol. The molecule has 2 heterocycles. The van der Waals surface area contributed by atoms with E-state index in [1.807, 2.05) is 0 Å². The molecule has 1 unspecified atom stereocenters. The lowest BCUT2D eigenvalue weighted by Crippen LogP contribution is -2.17. The lowest BCUT2D eigenvalue weighted by molar-refractivity contribution is 0.228. The Morgan fingerprint density at radius 3 is 2.93 bits per heavy atom. The van der Waals surface area contributed by atoms with Crippen molar-refractivity contribution < 1.29 is 13.2 Å². The van der Waals surface area contributed by atoms with Gasteiger partial charge in [0.1, 0.15) is 6.10 Å². The summed E-state index contributed by atoms with van der Waals surface area (Å²) in [6.45, 7) is 0. The quantitative estimate of drug-likeness (QED) is 0.697. The van der Waals surface area contributed by atoms with Gasteiger partial charge in [0.2, 0.25) is 0 Å². The van der Waals surface area contributed by atoms with Crippen LogP contribution in [-0.2, 0) is 16.9 Å². The molecular formula is C8H12N2O3S. The predicted octanol–water partition coefficient (Wildman–Crippen LogP) is -0.0140. The molecule has 1 saturated heterocycles. The van der Waals surface area contributed by atoms with E-state index in [-0.39, 0.29) is 17.6 Å². The van der Waals surface area contributed by atoms with Crippen LogP contribution in [0.5, 0.6) is 5.75 Å². The van der Waals surface area contributed by atoms with Gasteiger partial charge in [-0.25, -0.2) is 8.42 Å². The van der Waals surface area contributed by atoms with Crippen LogP contribution in [0.15, 0.2) is 12.4 Å². The lowest BCUT2D eigenvalue weighted by atomic mass is 10.3. The number of aryl methyl sites for hydroxylation is 1. The molecule has 0 spiro atoms. The molecule has 1 aliphatic rings. The number of ether oxygens (including phenoxy) is 1. The standard InChI is InChI=1S/C8H12N2O3S/c1-10-5-8(4-9-10)13-7-2-3-14(11,12)6-7/h4-5,7H,2-3,6H2,1H3. The van der Waals surface area contributed by atoms with Gasteiger partial charge in [0, 0.05) is 7.05 Å². The summed E-state index contributed by atoms with van der Waals surface area (Å²) < 4.78 is 29.4. The Labute approximate surface area is 82.6 Å². The Balaban J connectivity index is 2.00. The van der Waals surface area contributed by atoms with Crippen molar-refractivity contribution in [2.24, 2.45) is 7.05 Å². The first-order valence-corrected chi connectivity index (χ1v) is 6.23. The highest BCUT2D eigenvalue weighted by Gasteiger charge is 2.29. The fourth-order valence-electron chi connectivity index (χ4n) is 1.51. The second-order valence-electron chi connectivity index (χ2n) is 3.49. The minimum Gasteiger partial charge on any atom is -0.486 e. The Bertz CT molecular complexity index is 424. The van der Waals surface area contributed by atoms with Crippen molar-refractivity contribution in [3.05, 3.63) is 12.4 Å². The second-order valence-corrected chi connectivity index (χ2v) is 5.72. The van der Waals surface area contributed by atoms with E-state index in [4.69, 9.17) is 4.74 Å². The highest BCUT2D eigenvalue weighted by atomic mass is 32.2. The average molecular weight is 216 g/mol. The summed E-state index contributed by atoms with van der Waals surface area (Å²) in [6.07, 6.45) is 3.69. The Hall–Kier alpha value is -1.04. The van der Waals surface area contributed by atoms with Crippen LogP contribution in [-0.4, -0.2) is 35.8 Å². The molecule has 2 rings (SSSR count). The van der Waals surface area contributed by atoms with Crippen molar-refractivity contribution in [3.63, 3.8) is 0 Å². The third kappa shape index (κ3) is 2.06. The molecule has 6 heteroatoms. The fourth-order valence-corrected chi connectivity index (χ4v) is 3.10. The van der Waals surface area contributed by atoms with Gasteiger partial charge < -0.3 is 4.74 Å². The summed E-state index contributed by atoms with van der Waals surface area (Å²) in [5.41, 5.74) is 0. The van der Waals surface area contributed by atoms with Gasteiger partial charge in [-0.15, -0.1) is 0 Å². The van der Waals surface area contributed by atoms with E-state index in [2.05, 4.69) is 5.10 Å². The van der Waals surface area contributed by atoms with Crippen molar-refractivity contribution in [2.45, 2.75) is 12.5 Å². The minimum atomic E-state index is -2.86. The maximum absolute atomic E-state index is 11.1. The zero-order chi connectivity index (χ0) is 10.2. The van der Waals surface area contributed by atoms with Crippen molar-refractivity contribution >= 4 is 9.84 Å². The second kappa shape index (κ2) is 3.27. The van der Waals surface area contributed by atoms with Gasteiger partial charge in [0.15, 0.2) is 15.6 Å². The molecule has 5 nitrogen and oxygen atoms in total. The Morgan fingerprint density at radius 1 is 1.64 bits per heavy atom. The smallest absolute Gasteiger partial charge is 0.157 e. The van der Waals surface area contributed by atoms with Crippen LogP contribution >= 0.6 is 0 Å². The van der Waals surface area contributed by atoms with Crippen LogP contribution in [0.3, 0.4) is 0 Å². The van der Waals surface area contributed by atoms with E-state index in [0.717, 1.165) is 0 Å². The molecule has 14 heavy (non-hydrogen) atoms. The van der Waals surface area contributed by atoms with E-state index in [1.165, 1.54) is 0 Å². The van der Waals surface area contributed by atoms with E-state index in [1.54, 1.807) is 24.1 Å². The highest BCUT2D eigenvalue weighted by molar-refractivity contribution is 7.91. The number of nitrogens with zero attached hydrogens (tertiary/aromatic N) is 2. The normalized spacial score (nSPS) is 25.1. The maximum Gasteiger partial charge on any atom is 0.157 e. The summed E-state index contributed by atoms with van der Waals surface area (Å²) >= 11 is 0. The van der Waals surface area contributed by atoms with Crippen molar-refractivity contribution in [1.82, 2.24) is 9.78 Å². The van der Waals surface area contributed by atoms with Crippen LogP contribution in [0.4, 0.5) is 0 Å². The number of hydrogen-bond donors (Lipinski definition) is 0. The van der Waals surface area contributed by atoms with Crippen molar-refractivity contribution in [1.29, 1.82) is 0 Å². The molecule has 0 radical (unpaired) electrons. The predicted molar refractivity (Wildman–Crippen MR) is 50.9 cm³/mol. The summed E-state index contributed by atoms with van der Waals surface area (Å²) in [6, 6.07) is 0. The zero-order valence-corrected chi connectivity index (χ0v) is 8.70. The molecule has 0 amide bonds. The molecule has 1 aromatic rings. The molecule has 0 aromatic carbocycles. The lowest BCUT2D eigenvalue weighted by Gasteiger charge is -2.08. The van der Waals surface area contributed by atoms with Crippen molar-refractivity contribution in [3.8, 4) is 5.75 Å². The van der Waals surface area contributed by atoms with E-state index < -0.39 is 9.84 Å². The van der Waals surface area contributed by atoms with E-state index in [9.17, 15) is 8.42 Å². The van der Waals surface area contributed by atoms with Crippen LogP contribution in [0.1, 0.15) is 6.42 Å². The summed E-state index contributed by atoms with van der Waals surface area (Å²) in [4.78, 5) is 0. The first-order chi connectivity index (χ1) is 6.55. The average Bonchev–Trinajstić information content (AvgIpc) is 2.59. The molecule has 1 fully saturated rings. The van der Waals surface area contributed by atoms with Crippen LogP contribution < -0.4 is 4.74 Å². The van der Waals surface area contributed by atoms with Gasteiger partial charge in [-0.3, -0.25) is 4.68 Å². The van der Waals surface area contributed by atoms with Gasteiger partial charge in [-0.2, -0.15) is 5.10 Å². The Kier molecular flexibility index (Phi) is 2.22. The van der Waals surface area contributed by atoms with Gasteiger partial charge in [0.05, 0.1) is 23.9 Å². The van der Waals surface area contributed by atoms with Crippen LogP contribution in [0, 0.1) is 0 Å². The minimum absolute atomic E-state index is 0.127. The Morgan fingerprint density at radius 2 is 2.43 bits per heavy atom. The SMILES string of the molecule is Cn1cc(OC2CCS(=O)(=O)C2)cn1. The third-order valence-electron chi connectivity index (χ3n) is 2.17. The van der Waals surface area contributed by atoms with Gasteiger partial charge in [-0.1, -0.05) is 0 Å². The summed E-state index contributed by atoms with van der Waals surface area (Å²) in [5.74, 6) is 0.995. The fraction of sp³-hybridized carbons (Fsp3) is 0.625. The summed E-state index contributed by atoms with van der Waals surface area (Å²) in [5, 5.41) is 3.94. The molecule has 1 aliphatic heterocycles. The third-order valence-corrected chi connectivity index (χ3v) is 3.91. The molecule has 0 aliphatic carbocycles. The molecule has 0 saturated carbocycles. The van der Waals surface area contributed by atoms with E-state index in [0.29, 0.717) is 12.2 Å². The molecule has 1 aromatic heterocycles. The zero-order valence-electron chi connectivity index (χ0n) is 7.88. The molecule has 0 N–H and O–H groups in total. The van der Waals surface area contributed by atoms with E-state index >= 15 is 0 Å². The van der Waals surface area contributed by atoms with Gasteiger partial charge >= 0.3 is 0 Å². The number of hydrogen-bond acceptors (Lipinski definition) is 4. The topological polar surface area (TPSA) is 61.2 Å². The number of aromatic nitrogens is 2. The molecule has 1 atom stereocenters. The largest absolute Gasteiger partial charge is 0.486 e. The first-order valence-electron chi connectivity index (χ1n) is 4.41. The van der Waals surface area contributed by atoms with Crippen molar-refractivity contribution in [2.75, 3.05) is 11.5 Å². The van der Waals surface area contributed by atoms with Crippen LogP contribution in [0.25, 0.3) is 0 Å².